The Kier molecular flexibility index (Phi) is 9.41. The Bertz CT molecular complexity index is 678. The first-order valence-corrected chi connectivity index (χ1v) is 9.21. The van der Waals surface area contributed by atoms with Gasteiger partial charge < -0.3 is 15.2 Å². The van der Waals surface area contributed by atoms with Crippen LogP contribution < -0.4 is 10.6 Å². The van der Waals surface area contributed by atoms with E-state index >= 15 is 0 Å². The fourth-order valence-corrected chi connectivity index (χ4v) is 3.48. The minimum Gasteiger partial charge on any atom is -0.359 e. The van der Waals surface area contributed by atoms with E-state index in [4.69, 9.17) is 4.52 Å². The molecule has 0 saturated heterocycles. The van der Waals surface area contributed by atoms with Crippen LogP contribution in [0.4, 0.5) is 0 Å². The second-order valence-corrected chi connectivity index (χ2v) is 7.04. The van der Waals surface area contributed by atoms with Gasteiger partial charge in [-0.25, -0.2) is 4.98 Å². The normalized spacial score (nSPS) is 11.5. The van der Waals surface area contributed by atoms with Crippen LogP contribution in [0.3, 0.4) is 0 Å². The summed E-state index contributed by atoms with van der Waals surface area (Å²) in [6.07, 6.45) is 2.15. The minimum absolute atomic E-state index is 0. The van der Waals surface area contributed by atoms with Gasteiger partial charge in [0.15, 0.2) is 11.7 Å². The fraction of sp³-hybridized carbons (Fsp3) is 0.588. The Balaban J connectivity index is 0.00000312. The molecular formula is C17H28IN5OS. The monoisotopic (exact) mass is 477 g/mol. The van der Waals surface area contributed by atoms with Crippen LogP contribution in [0.15, 0.2) is 15.6 Å². The van der Waals surface area contributed by atoms with Crippen molar-refractivity contribution in [1.82, 2.24) is 20.8 Å². The van der Waals surface area contributed by atoms with Gasteiger partial charge in [-0.3, -0.25) is 4.99 Å². The van der Waals surface area contributed by atoms with E-state index in [1.807, 2.05) is 19.9 Å². The first kappa shape index (κ1) is 21.9. The fourth-order valence-electron chi connectivity index (χ4n) is 2.60. The standard InChI is InChI=1S/C17H27N5OS.HI/c1-6-13(7-2)15-8-14(23-22-15)9-19-17(18-5)20-10-16-11(3)21-12(4)24-16;/h8,13H,6-7,9-10H2,1-5H3,(H2,18,19,20);1H. The number of aromatic nitrogens is 2. The maximum atomic E-state index is 5.43. The van der Waals surface area contributed by atoms with Crippen molar-refractivity contribution in [1.29, 1.82) is 0 Å². The minimum atomic E-state index is 0. The molecule has 2 heterocycles. The summed E-state index contributed by atoms with van der Waals surface area (Å²) in [5, 5.41) is 11.8. The van der Waals surface area contributed by atoms with Crippen molar-refractivity contribution < 1.29 is 4.52 Å². The Hall–Kier alpha value is -1.16. The van der Waals surface area contributed by atoms with Crippen LogP contribution in [0, 0.1) is 13.8 Å². The predicted molar refractivity (Wildman–Crippen MR) is 114 cm³/mol. The number of nitrogens with one attached hydrogen (secondary N) is 2. The molecule has 25 heavy (non-hydrogen) atoms. The van der Waals surface area contributed by atoms with Crippen molar-refractivity contribution in [2.45, 2.75) is 59.5 Å². The van der Waals surface area contributed by atoms with Crippen molar-refractivity contribution in [3.05, 3.63) is 33.1 Å². The van der Waals surface area contributed by atoms with Crippen LogP contribution in [-0.2, 0) is 13.1 Å². The van der Waals surface area contributed by atoms with Gasteiger partial charge in [-0.05, 0) is 26.7 Å². The first-order chi connectivity index (χ1) is 11.6. The molecule has 0 aromatic carbocycles. The molecule has 0 bridgehead atoms. The smallest absolute Gasteiger partial charge is 0.191 e. The van der Waals surface area contributed by atoms with E-state index in [-0.39, 0.29) is 24.0 Å². The molecule has 0 spiro atoms. The molecule has 0 saturated carbocycles. The van der Waals surface area contributed by atoms with Gasteiger partial charge in [-0.1, -0.05) is 19.0 Å². The molecule has 2 rings (SSSR count). The highest BCUT2D eigenvalue weighted by Gasteiger charge is 2.13. The zero-order valence-electron chi connectivity index (χ0n) is 15.5. The van der Waals surface area contributed by atoms with Crippen molar-refractivity contribution in [3.8, 4) is 0 Å². The maximum absolute atomic E-state index is 5.43. The van der Waals surface area contributed by atoms with Crippen molar-refractivity contribution in [2.75, 3.05) is 7.05 Å². The van der Waals surface area contributed by atoms with Gasteiger partial charge in [-0.15, -0.1) is 35.3 Å². The molecule has 2 aromatic heterocycles. The molecule has 140 valence electrons. The van der Waals surface area contributed by atoms with Gasteiger partial charge in [0, 0.05) is 23.9 Å². The third-order valence-corrected chi connectivity index (χ3v) is 5.12. The predicted octanol–water partition coefficient (Wildman–Crippen LogP) is 4.13. The molecule has 0 fully saturated rings. The van der Waals surface area contributed by atoms with Crippen LogP contribution in [0.5, 0.6) is 0 Å². The average molecular weight is 477 g/mol. The van der Waals surface area contributed by atoms with E-state index < -0.39 is 0 Å². The van der Waals surface area contributed by atoms with Gasteiger partial charge in [-0.2, -0.15) is 0 Å². The number of nitrogens with zero attached hydrogens (tertiary/aromatic N) is 3. The van der Waals surface area contributed by atoms with E-state index in [9.17, 15) is 0 Å². The van der Waals surface area contributed by atoms with Crippen molar-refractivity contribution in [2.24, 2.45) is 4.99 Å². The summed E-state index contributed by atoms with van der Waals surface area (Å²) >= 11 is 1.71. The number of thiazole rings is 1. The number of rotatable bonds is 7. The number of hydrogen-bond donors (Lipinski definition) is 2. The van der Waals surface area contributed by atoms with Crippen LogP contribution in [0.25, 0.3) is 0 Å². The molecule has 2 aromatic rings. The number of aliphatic imine (C=N–C) groups is 1. The van der Waals surface area contributed by atoms with Gasteiger partial charge in [0.25, 0.3) is 0 Å². The van der Waals surface area contributed by atoms with Crippen LogP contribution in [0.1, 0.15) is 59.6 Å². The van der Waals surface area contributed by atoms with Crippen LogP contribution >= 0.6 is 35.3 Å². The lowest BCUT2D eigenvalue weighted by atomic mass is 9.99. The maximum Gasteiger partial charge on any atom is 0.191 e. The second kappa shape index (κ2) is 10.7. The molecule has 0 unspecified atom stereocenters. The molecule has 8 heteroatoms. The summed E-state index contributed by atoms with van der Waals surface area (Å²) in [6.45, 7) is 9.69. The Morgan fingerprint density at radius 2 is 1.92 bits per heavy atom. The molecule has 0 aliphatic rings. The largest absolute Gasteiger partial charge is 0.359 e. The topological polar surface area (TPSA) is 75.3 Å². The lowest BCUT2D eigenvalue weighted by Crippen LogP contribution is -2.36. The van der Waals surface area contributed by atoms with E-state index in [0.717, 1.165) is 41.0 Å². The lowest BCUT2D eigenvalue weighted by molar-refractivity contribution is 0.368. The SMILES string of the molecule is CCC(CC)c1cc(CNC(=NC)NCc2sc(C)nc2C)on1.I. The molecule has 0 aliphatic carbocycles. The Morgan fingerprint density at radius 3 is 2.48 bits per heavy atom. The second-order valence-electron chi connectivity index (χ2n) is 5.75. The quantitative estimate of drug-likeness (QED) is 0.356. The van der Waals surface area contributed by atoms with Crippen molar-refractivity contribution in [3.63, 3.8) is 0 Å². The van der Waals surface area contributed by atoms with Gasteiger partial charge in [0.05, 0.1) is 29.5 Å². The zero-order chi connectivity index (χ0) is 17.5. The summed E-state index contributed by atoms with van der Waals surface area (Å²) in [6, 6.07) is 2.04. The van der Waals surface area contributed by atoms with E-state index in [0.29, 0.717) is 19.0 Å². The molecule has 0 aliphatic heterocycles. The Labute approximate surface area is 170 Å². The Morgan fingerprint density at radius 1 is 1.24 bits per heavy atom. The molecule has 0 atom stereocenters. The average Bonchev–Trinajstić information content (AvgIpc) is 3.15. The molecule has 0 amide bonds. The van der Waals surface area contributed by atoms with E-state index in [1.54, 1.807) is 18.4 Å². The summed E-state index contributed by atoms with van der Waals surface area (Å²) < 4.78 is 5.43. The summed E-state index contributed by atoms with van der Waals surface area (Å²) in [5.41, 5.74) is 2.11. The van der Waals surface area contributed by atoms with Gasteiger partial charge in [0.1, 0.15) is 0 Å². The summed E-state index contributed by atoms with van der Waals surface area (Å²) in [5.74, 6) is 2.03. The summed E-state index contributed by atoms with van der Waals surface area (Å²) in [7, 11) is 1.76. The van der Waals surface area contributed by atoms with Gasteiger partial charge in [0.2, 0.25) is 0 Å². The molecule has 2 N–H and O–H groups in total. The first-order valence-electron chi connectivity index (χ1n) is 8.40. The van der Waals surface area contributed by atoms with Crippen molar-refractivity contribution >= 4 is 41.3 Å². The highest BCUT2D eigenvalue weighted by molar-refractivity contribution is 14.0. The third-order valence-electron chi connectivity index (χ3n) is 4.05. The third kappa shape index (κ3) is 6.25. The molecule has 6 nitrogen and oxygen atoms in total. The number of halogens is 1. The molecule has 0 radical (unpaired) electrons. The highest BCUT2D eigenvalue weighted by Crippen LogP contribution is 2.22. The van der Waals surface area contributed by atoms with E-state index in [1.165, 1.54) is 4.88 Å². The van der Waals surface area contributed by atoms with Crippen LogP contribution in [0.2, 0.25) is 0 Å². The zero-order valence-corrected chi connectivity index (χ0v) is 18.7. The highest BCUT2D eigenvalue weighted by atomic mass is 127. The number of aryl methyl sites for hydroxylation is 2. The molecular weight excluding hydrogens is 449 g/mol. The van der Waals surface area contributed by atoms with Crippen LogP contribution in [-0.4, -0.2) is 23.1 Å². The number of guanidine groups is 1. The summed E-state index contributed by atoms with van der Waals surface area (Å²) in [4.78, 5) is 9.91. The van der Waals surface area contributed by atoms with E-state index in [2.05, 4.69) is 39.6 Å². The number of hydrogen-bond acceptors (Lipinski definition) is 5. The van der Waals surface area contributed by atoms with Gasteiger partial charge >= 0.3 is 0 Å². The lowest BCUT2D eigenvalue weighted by Gasteiger charge is -2.10.